The molecule has 0 aromatic heterocycles. The zero-order chi connectivity index (χ0) is 12.3. The van der Waals surface area contributed by atoms with E-state index >= 15 is 0 Å². The monoisotopic (exact) mass is 251 g/mol. The summed E-state index contributed by atoms with van der Waals surface area (Å²) in [4.78, 5) is 10.9. The first-order valence-corrected chi connectivity index (χ1v) is 4.77. The maximum absolute atomic E-state index is 12.6. The lowest BCUT2D eigenvalue weighted by molar-refractivity contribution is -0.139. The lowest BCUT2D eigenvalue weighted by atomic mass is 9.76. The van der Waals surface area contributed by atoms with Gasteiger partial charge in [0, 0.05) is 5.02 Å². The minimum atomic E-state index is -5.15. The van der Waals surface area contributed by atoms with Crippen molar-refractivity contribution in [3.63, 3.8) is 0 Å². The molecule has 0 aliphatic heterocycles. The van der Waals surface area contributed by atoms with Crippen LogP contribution in [0.3, 0.4) is 0 Å². The Bertz CT molecular complexity index is 406. The molecule has 0 bridgehead atoms. The molecule has 0 N–H and O–H groups in total. The molecule has 0 amide bonds. The molecule has 2 nitrogen and oxygen atoms in total. The van der Waals surface area contributed by atoms with Crippen molar-refractivity contribution in [2.45, 2.75) is 6.42 Å². The molecule has 0 aliphatic carbocycles. The molecule has 0 saturated heterocycles. The van der Waals surface area contributed by atoms with E-state index in [9.17, 15) is 17.7 Å². The summed E-state index contributed by atoms with van der Waals surface area (Å²) >= 11 is 5.58. The average molecular weight is 251 g/mol. The lowest BCUT2D eigenvalue weighted by Gasteiger charge is -2.19. The molecule has 0 unspecified atom stereocenters. The topological polar surface area (TPSA) is 26.3 Å². The van der Waals surface area contributed by atoms with Crippen LogP contribution >= 0.6 is 11.6 Å². The second-order valence-corrected chi connectivity index (χ2v) is 3.61. The molecule has 0 spiro atoms. The van der Waals surface area contributed by atoms with Gasteiger partial charge in [0.15, 0.2) is 0 Å². The zero-order valence-corrected chi connectivity index (χ0v) is 9.10. The Hall–Kier alpha value is -1.17. The Balaban J connectivity index is 3.13. The van der Waals surface area contributed by atoms with Gasteiger partial charge in [0.2, 0.25) is 0 Å². The number of hydrogen-bond acceptors (Lipinski definition) is 2. The first-order valence-electron chi connectivity index (χ1n) is 4.39. The van der Waals surface area contributed by atoms with Crippen LogP contribution in [0.25, 0.3) is 0 Å². The van der Waals surface area contributed by atoms with Crippen LogP contribution in [0.4, 0.5) is 12.9 Å². The van der Waals surface area contributed by atoms with Gasteiger partial charge in [-0.2, -0.15) is 0 Å². The Morgan fingerprint density at radius 3 is 2.56 bits per heavy atom. The van der Waals surface area contributed by atoms with Crippen molar-refractivity contribution in [2.24, 2.45) is 0 Å². The number of carbonyl (C=O) groups excluding carboxylic acids is 1. The number of rotatable bonds is 3. The Labute approximate surface area is 95.4 Å². The standard InChI is InChI=1S/C9H8BClF3O2/c1-16-9(15)5-6-4-7(11)2-3-8(6)10(12,13)14/h2-4H,5H2,1H3/q-1. The van der Waals surface area contributed by atoms with E-state index < -0.39 is 24.8 Å². The molecule has 1 rings (SSSR count). The molecule has 88 valence electrons. The van der Waals surface area contributed by atoms with Gasteiger partial charge in [0.05, 0.1) is 13.5 Å². The van der Waals surface area contributed by atoms with Crippen LogP contribution in [-0.2, 0) is 16.0 Å². The van der Waals surface area contributed by atoms with E-state index in [1.54, 1.807) is 0 Å². The molecule has 1 aromatic carbocycles. The Morgan fingerprint density at radius 2 is 2.06 bits per heavy atom. The molecular formula is C9H8BClF3O2-. The van der Waals surface area contributed by atoms with Crippen LogP contribution < -0.4 is 5.46 Å². The highest BCUT2D eigenvalue weighted by atomic mass is 35.5. The van der Waals surface area contributed by atoms with Gasteiger partial charge >= 0.3 is 12.9 Å². The van der Waals surface area contributed by atoms with E-state index in [2.05, 4.69) is 4.74 Å². The largest absolute Gasteiger partial charge is 0.509 e. The van der Waals surface area contributed by atoms with Crippen LogP contribution in [-0.4, -0.2) is 20.1 Å². The smallest absolute Gasteiger partial charge is 0.469 e. The van der Waals surface area contributed by atoms with Crippen LogP contribution in [0.1, 0.15) is 5.56 Å². The fourth-order valence-electron chi connectivity index (χ4n) is 1.27. The predicted molar refractivity (Wildman–Crippen MR) is 55.9 cm³/mol. The number of carbonyl (C=O) groups is 1. The predicted octanol–water partition coefficient (Wildman–Crippen LogP) is 2.11. The quantitative estimate of drug-likeness (QED) is 0.607. The first kappa shape index (κ1) is 12.9. The number of methoxy groups -OCH3 is 1. The first-order chi connectivity index (χ1) is 7.34. The molecule has 1 aromatic rings. The van der Waals surface area contributed by atoms with Gasteiger partial charge in [0.1, 0.15) is 0 Å². The van der Waals surface area contributed by atoms with E-state index in [-0.39, 0.29) is 10.6 Å². The molecule has 0 radical (unpaired) electrons. The lowest BCUT2D eigenvalue weighted by Crippen LogP contribution is -2.37. The molecule has 0 heterocycles. The third-order valence-electron chi connectivity index (χ3n) is 2.02. The van der Waals surface area contributed by atoms with E-state index in [0.717, 1.165) is 25.3 Å². The number of benzene rings is 1. The number of esters is 1. The van der Waals surface area contributed by atoms with Crippen molar-refractivity contribution in [1.29, 1.82) is 0 Å². The SMILES string of the molecule is COC(=O)Cc1cc(Cl)ccc1[B-](F)(F)F. The summed E-state index contributed by atoms with van der Waals surface area (Å²) in [5, 5.41) is 0.155. The molecule has 16 heavy (non-hydrogen) atoms. The summed E-state index contributed by atoms with van der Waals surface area (Å²) in [7, 11) is 1.12. The highest BCUT2D eigenvalue weighted by Gasteiger charge is 2.28. The van der Waals surface area contributed by atoms with Gasteiger partial charge in [-0.1, -0.05) is 23.2 Å². The summed E-state index contributed by atoms with van der Waals surface area (Å²) in [6.45, 7) is -5.15. The minimum absolute atomic E-state index is 0.155. The van der Waals surface area contributed by atoms with E-state index in [1.165, 1.54) is 0 Å². The number of ether oxygens (including phenoxy) is 1. The van der Waals surface area contributed by atoms with Crippen LogP contribution in [0.15, 0.2) is 18.2 Å². The molecular weight excluding hydrogens is 243 g/mol. The molecule has 0 saturated carbocycles. The van der Waals surface area contributed by atoms with Crippen molar-refractivity contribution < 1.29 is 22.5 Å². The van der Waals surface area contributed by atoms with Crippen molar-refractivity contribution in [3.8, 4) is 0 Å². The fourth-order valence-corrected chi connectivity index (χ4v) is 1.47. The van der Waals surface area contributed by atoms with Gasteiger partial charge < -0.3 is 17.7 Å². The Kier molecular flexibility index (Phi) is 3.85. The van der Waals surface area contributed by atoms with E-state index in [4.69, 9.17) is 11.6 Å². The Morgan fingerprint density at radius 1 is 1.44 bits per heavy atom. The minimum Gasteiger partial charge on any atom is -0.469 e. The van der Waals surface area contributed by atoms with E-state index in [0.29, 0.717) is 0 Å². The third kappa shape index (κ3) is 3.16. The van der Waals surface area contributed by atoms with Crippen molar-refractivity contribution >= 4 is 30.0 Å². The van der Waals surface area contributed by atoms with Gasteiger partial charge in [-0.05, 0) is 12.1 Å². The van der Waals surface area contributed by atoms with Gasteiger partial charge in [0.25, 0.3) is 0 Å². The highest BCUT2D eigenvalue weighted by Crippen LogP contribution is 2.17. The zero-order valence-electron chi connectivity index (χ0n) is 8.34. The third-order valence-corrected chi connectivity index (χ3v) is 2.26. The second-order valence-electron chi connectivity index (χ2n) is 3.17. The van der Waals surface area contributed by atoms with Crippen molar-refractivity contribution in [2.75, 3.05) is 7.11 Å². The summed E-state index contributed by atoms with van der Waals surface area (Å²) in [6, 6.07) is 3.15. The van der Waals surface area contributed by atoms with Crippen molar-refractivity contribution in [1.82, 2.24) is 0 Å². The number of halogens is 4. The fraction of sp³-hybridized carbons (Fsp3) is 0.222. The van der Waals surface area contributed by atoms with E-state index in [1.807, 2.05) is 0 Å². The summed E-state index contributed by atoms with van der Waals surface area (Å²) in [5.74, 6) is -0.733. The number of hydrogen-bond donors (Lipinski definition) is 0. The maximum Gasteiger partial charge on any atom is 0.509 e. The maximum atomic E-state index is 12.6. The summed E-state index contributed by atoms with van der Waals surface area (Å²) in [5.41, 5.74) is -0.971. The van der Waals surface area contributed by atoms with Crippen LogP contribution in [0, 0.1) is 0 Å². The van der Waals surface area contributed by atoms with Gasteiger partial charge in [-0.15, -0.1) is 5.46 Å². The van der Waals surface area contributed by atoms with Crippen molar-refractivity contribution in [3.05, 3.63) is 28.8 Å². The van der Waals surface area contributed by atoms with Gasteiger partial charge in [-0.25, -0.2) is 0 Å². The molecule has 0 fully saturated rings. The summed E-state index contributed by atoms with van der Waals surface area (Å²) in [6.07, 6.45) is -0.437. The molecule has 7 heteroatoms. The van der Waals surface area contributed by atoms with Crippen LogP contribution in [0.2, 0.25) is 5.02 Å². The highest BCUT2D eigenvalue weighted by molar-refractivity contribution is 6.74. The summed E-state index contributed by atoms with van der Waals surface area (Å²) < 4.78 is 42.1. The molecule has 0 aliphatic rings. The normalized spacial score (nSPS) is 11.3. The average Bonchev–Trinajstić information content (AvgIpc) is 2.15. The van der Waals surface area contributed by atoms with Gasteiger partial charge in [-0.3, -0.25) is 4.79 Å². The molecule has 0 atom stereocenters. The second kappa shape index (κ2) is 4.78. The van der Waals surface area contributed by atoms with Crippen LogP contribution in [0.5, 0.6) is 0 Å².